The highest BCUT2D eigenvalue weighted by Crippen LogP contribution is 2.28. The highest BCUT2D eigenvalue weighted by atomic mass is 32.1. The van der Waals surface area contributed by atoms with Gasteiger partial charge >= 0.3 is 0 Å². The lowest BCUT2D eigenvalue weighted by molar-refractivity contribution is -0.143. The largest absolute Gasteiger partial charge is 0.332 e. The van der Waals surface area contributed by atoms with Gasteiger partial charge < -0.3 is 9.80 Å². The van der Waals surface area contributed by atoms with Crippen LogP contribution in [0.1, 0.15) is 47.8 Å². The van der Waals surface area contributed by atoms with Crippen LogP contribution in [0.15, 0.2) is 102 Å². The molecule has 0 aliphatic heterocycles. The summed E-state index contributed by atoms with van der Waals surface area (Å²) in [6.45, 7) is 4.74. The fourth-order valence-electron chi connectivity index (χ4n) is 4.48. The Bertz CT molecular complexity index is 1260. The second kappa shape index (κ2) is 13.2. The lowest BCUT2D eigenvalue weighted by atomic mass is 9.89. The van der Waals surface area contributed by atoms with Crippen LogP contribution in [-0.4, -0.2) is 34.2 Å². The highest BCUT2D eigenvalue weighted by molar-refractivity contribution is 7.09. The van der Waals surface area contributed by atoms with Gasteiger partial charge in [-0.25, -0.2) is 4.39 Å². The monoisotopic (exact) mass is 528 g/mol. The van der Waals surface area contributed by atoms with E-state index in [0.717, 1.165) is 28.0 Å². The second-order valence-electron chi connectivity index (χ2n) is 9.43. The summed E-state index contributed by atoms with van der Waals surface area (Å²) < 4.78 is 13.5. The first-order chi connectivity index (χ1) is 18.5. The average Bonchev–Trinajstić information content (AvgIpc) is 3.46. The number of carbonyl (C=O) groups is 2. The number of nitrogens with zero attached hydrogens (tertiary/aromatic N) is 2. The number of rotatable bonds is 11. The predicted octanol–water partition coefficient (Wildman–Crippen LogP) is 6.88. The van der Waals surface area contributed by atoms with Crippen LogP contribution in [0, 0.1) is 5.82 Å². The molecule has 196 valence electrons. The first-order valence-corrected chi connectivity index (χ1v) is 13.8. The van der Waals surface area contributed by atoms with Gasteiger partial charge in [0, 0.05) is 17.5 Å². The van der Waals surface area contributed by atoms with Gasteiger partial charge in [0.25, 0.3) is 0 Å². The van der Waals surface area contributed by atoms with E-state index in [1.807, 2.05) is 92.0 Å². The van der Waals surface area contributed by atoms with Crippen LogP contribution in [-0.2, 0) is 22.7 Å². The van der Waals surface area contributed by atoms with Crippen molar-refractivity contribution >= 4 is 23.2 Å². The molecule has 0 unspecified atom stereocenters. The molecule has 4 aromatic rings. The van der Waals surface area contributed by atoms with Gasteiger partial charge in [-0.15, -0.1) is 11.3 Å². The van der Waals surface area contributed by atoms with Crippen LogP contribution in [0.5, 0.6) is 0 Å². The van der Waals surface area contributed by atoms with E-state index in [9.17, 15) is 14.0 Å². The van der Waals surface area contributed by atoms with Crippen LogP contribution in [0.25, 0.3) is 0 Å². The number of thiophene rings is 1. The van der Waals surface area contributed by atoms with Crippen molar-refractivity contribution < 1.29 is 14.0 Å². The molecule has 3 aromatic carbocycles. The van der Waals surface area contributed by atoms with E-state index in [4.69, 9.17) is 0 Å². The third-order valence-electron chi connectivity index (χ3n) is 6.79. The Kier molecular flexibility index (Phi) is 9.44. The molecular weight excluding hydrogens is 495 g/mol. The molecule has 4 nitrogen and oxygen atoms in total. The lowest BCUT2D eigenvalue weighted by Gasteiger charge is -2.34. The number of amides is 2. The minimum atomic E-state index is -0.512. The lowest BCUT2D eigenvalue weighted by Crippen LogP contribution is -2.48. The molecule has 0 saturated carbocycles. The molecule has 4 rings (SSSR count). The number of benzene rings is 3. The van der Waals surface area contributed by atoms with Crippen molar-refractivity contribution in [2.75, 3.05) is 6.54 Å². The van der Waals surface area contributed by atoms with Crippen LogP contribution in [0.2, 0.25) is 0 Å². The molecule has 1 aromatic heterocycles. The Balaban J connectivity index is 1.63. The Morgan fingerprint density at radius 1 is 0.816 bits per heavy atom. The summed E-state index contributed by atoms with van der Waals surface area (Å²) in [6.07, 6.45) is 0.720. The molecule has 1 heterocycles. The predicted molar refractivity (Wildman–Crippen MR) is 151 cm³/mol. The molecule has 0 N–H and O–H groups in total. The van der Waals surface area contributed by atoms with Crippen molar-refractivity contribution in [1.82, 2.24) is 9.80 Å². The normalized spacial score (nSPS) is 11.8. The smallest absolute Gasteiger partial charge is 0.242 e. The summed E-state index contributed by atoms with van der Waals surface area (Å²) in [6, 6.07) is 29.5. The minimum Gasteiger partial charge on any atom is -0.332 e. The quantitative estimate of drug-likeness (QED) is 0.213. The summed E-state index contributed by atoms with van der Waals surface area (Å²) in [7, 11) is 0. The van der Waals surface area contributed by atoms with E-state index in [1.165, 1.54) is 12.1 Å². The molecule has 0 aliphatic carbocycles. The van der Waals surface area contributed by atoms with Gasteiger partial charge in [0.15, 0.2) is 0 Å². The maximum atomic E-state index is 14.2. The topological polar surface area (TPSA) is 40.6 Å². The molecule has 1 atom stereocenters. The minimum absolute atomic E-state index is 0.0312. The third-order valence-corrected chi connectivity index (χ3v) is 7.65. The summed E-state index contributed by atoms with van der Waals surface area (Å²) in [4.78, 5) is 32.6. The summed E-state index contributed by atoms with van der Waals surface area (Å²) in [5, 5.41) is 1.98. The van der Waals surface area contributed by atoms with Crippen molar-refractivity contribution in [2.24, 2.45) is 0 Å². The number of halogens is 1. The fourth-order valence-corrected chi connectivity index (χ4v) is 5.20. The van der Waals surface area contributed by atoms with Crippen molar-refractivity contribution in [3.63, 3.8) is 0 Å². The van der Waals surface area contributed by atoms with Crippen molar-refractivity contribution in [2.45, 2.75) is 45.3 Å². The van der Waals surface area contributed by atoms with E-state index in [2.05, 4.69) is 0 Å². The molecule has 0 aliphatic rings. The summed E-state index contributed by atoms with van der Waals surface area (Å²) in [5.41, 5.74) is 2.63. The van der Waals surface area contributed by atoms with Crippen LogP contribution >= 0.6 is 11.3 Å². The maximum Gasteiger partial charge on any atom is 0.242 e. The Morgan fingerprint density at radius 3 is 1.95 bits per heavy atom. The molecule has 0 spiro atoms. The first-order valence-electron chi connectivity index (χ1n) is 12.9. The number of carbonyl (C=O) groups excluding carboxylic acids is 2. The molecule has 6 heteroatoms. The highest BCUT2D eigenvalue weighted by Gasteiger charge is 2.32. The third kappa shape index (κ3) is 6.95. The van der Waals surface area contributed by atoms with E-state index < -0.39 is 5.92 Å². The summed E-state index contributed by atoms with van der Waals surface area (Å²) >= 11 is 1.58. The van der Waals surface area contributed by atoms with Crippen molar-refractivity contribution in [1.29, 1.82) is 0 Å². The Hall–Kier alpha value is -3.77. The van der Waals surface area contributed by atoms with E-state index in [-0.39, 0.29) is 30.2 Å². The number of hydrogen-bond acceptors (Lipinski definition) is 3. The summed E-state index contributed by atoms with van der Waals surface area (Å²) in [5.74, 6) is -1.06. The first kappa shape index (κ1) is 27.3. The van der Waals surface area contributed by atoms with Crippen LogP contribution in [0.4, 0.5) is 4.39 Å². The molecule has 0 saturated heterocycles. The standard InChI is InChI=1S/C32H33FN2O2S/c1-3-24(2)35(32(37)31(26-11-6-4-7-12-26)27-13-8-5-9-14-27)23-30(36)34(22-29-15-10-20-38-29)21-25-16-18-28(33)19-17-25/h4-20,24,31H,3,21-23H2,1-2H3/t24-/m1/s1. The van der Waals surface area contributed by atoms with Gasteiger partial charge in [-0.1, -0.05) is 85.8 Å². The van der Waals surface area contributed by atoms with E-state index in [0.29, 0.717) is 13.1 Å². The van der Waals surface area contributed by atoms with Gasteiger partial charge in [-0.3, -0.25) is 9.59 Å². The van der Waals surface area contributed by atoms with Gasteiger partial charge in [0.1, 0.15) is 12.4 Å². The van der Waals surface area contributed by atoms with E-state index in [1.54, 1.807) is 33.3 Å². The molecule has 0 bridgehead atoms. The van der Waals surface area contributed by atoms with E-state index >= 15 is 0 Å². The molecular formula is C32H33FN2O2S. The van der Waals surface area contributed by atoms with Crippen molar-refractivity contribution in [3.05, 3.63) is 130 Å². The molecule has 38 heavy (non-hydrogen) atoms. The fraction of sp³-hybridized carbons (Fsp3) is 0.250. The zero-order valence-corrected chi connectivity index (χ0v) is 22.6. The zero-order valence-electron chi connectivity index (χ0n) is 21.8. The van der Waals surface area contributed by atoms with Crippen LogP contribution in [0.3, 0.4) is 0 Å². The second-order valence-corrected chi connectivity index (χ2v) is 10.5. The maximum absolute atomic E-state index is 14.2. The number of hydrogen-bond donors (Lipinski definition) is 0. The van der Waals surface area contributed by atoms with Gasteiger partial charge in [0.05, 0.1) is 12.5 Å². The molecule has 0 fully saturated rings. The van der Waals surface area contributed by atoms with Gasteiger partial charge in [-0.2, -0.15) is 0 Å². The molecule has 2 amide bonds. The Morgan fingerprint density at radius 2 is 1.42 bits per heavy atom. The van der Waals surface area contributed by atoms with Gasteiger partial charge in [0.2, 0.25) is 11.8 Å². The van der Waals surface area contributed by atoms with Crippen LogP contribution < -0.4 is 0 Å². The average molecular weight is 529 g/mol. The zero-order chi connectivity index (χ0) is 26.9. The van der Waals surface area contributed by atoms with Crippen molar-refractivity contribution in [3.8, 4) is 0 Å². The molecule has 0 radical (unpaired) electrons. The SMILES string of the molecule is CC[C@@H](C)N(CC(=O)N(Cc1ccc(F)cc1)Cc1cccs1)C(=O)C(c1ccccc1)c1ccccc1. The Labute approximate surface area is 228 Å². The van der Waals surface area contributed by atoms with Gasteiger partial charge in [-0.05, 0) is 53.6 Å².